The van der Waals surface area contributed by atoms with Crippen LogP contribution in [0.15, 0.2) is 53.4 Å². The van der Waals surface area contributed by atoms with Crippen molar-refractivity contribution in [2.45, 2.75) is 64.2 Å². The maximum Gasteiger partial charge on any atom is 0.410 e. The van der Waals surface area contributed by atoms with Crippen LogP contribution >= 0.6 is 0 Å². The summed E-state index contributed by atoms with van der Waals surface area (Å²) in [5.41, 5.74) is 2.72. The number of anilines is 1. The van der Waals surface area contributed by atoms with Gasteiger partial charge in [-0.1, -0.05) is 24.3 Å². The van der Waals surface area contributed by atoms with Crippen LogP contribution in [0.5, 0.6) is 5.88 Å². The molecule has 5 rings (SSSR count). The van der Waals surface area contributed by atoms with E-state index in [4.69, 9.17) is 9.47 Å². The number of aromatic nitrogens is 2. The van der Waals surface area contributed by atoms with Gasteiger partial charge in [0.1, 0.15) is 11.7 Å². The van der Waals surface area contributed by atoms with Gasteiger partial charge in [0.15, 0.2) is 0 Å². The first kappa shape index (κ1) is 29.3. The molecule has 3 heterocycles. The highest BCUT2D eigenvalue weighted by atomic mass is 32.2. The van der Waals surface area contributed by atoms with Crippen molar-refractivity contribution in [1.29, 1.82) is 0 Å². The molecule has 222 valence electrons. The standard InChI is InChI=1S/C30H35N5O6S/c1-18-9-7-10-19(2)26(18)23-16-25-32-28(31-23)33-42(38,39)22-12-8-11-21(15-22)27(36)35-14-13-34(17-24(35)20(3)40-25)29(37)41-30(4,5)6/h7-12,15-16,20,24H,13-14,17H2,1-6H3,(H,31,32,33). The van der Waals surface area contributed by atoms with Crippen molar-refractivity contribution in [1.82, 2.24) is 19.8 Å². The quantitative estimate of drug-likeness (QED) is 0.439. The smallest absolute Gasteiger partial charge is 0.410 e. The number of carbonyl (C=O) groups excluding carboxylic acids is 2. The molecule has 0 radical (unpaired) electrons. The second-order valence-corrected chi connectivity index (χ2v) is 13.3. The lowest BCUT2D eigenvalue weighted by Crippen LogP contribution is -2.61. The van der Waals surface area contributed by atoms with Crippen molar-refractivity contribution >= 4 is 28.0 Å². The number of ether oxygens (including phenoxy) is 2. The van der Waals surface area contributed by atoms with Crippen molar-refractivity contribution in [3.05, 3.63) is 65.2 Å². The van der Waals surface area contributed by atoms with Crippen LogP contribution in [0.25, 0.3) is 11.3 Å². The molecule has 12 heteroatoms. The van der Waals surface area contributed by atoms with E-state index in [1.165, 1.54) is 18.2 Å². The number of benzene rings is 2. The van der Waals surface area contributed by atoms with Gasteiger partial charge in [0.25, 0.3) is 15.9 Å². The van der Waals surface area contributed by atoms with Gasteiger partial charge in [0.2, 0.25) is 11.8 Å². The molecular weight excluding hydrogens is 558 g/mol. The van der Waals surface area contributed by atoms with Crippen LogP contribution < -0.4 is 9.46 Å². The Bertz CT molecular complexity index is 1630. The van der Waals surface area contributed by atoms with Crippen molar-refractivity contribution in [2.75, 3.05) is 24.4 Å². The molecule has 2 atom stereocenters. The monoisotopic (exact) mass is 593 g/mol. The van der Waals surface area contributed by atoms with Crippen LogP contribution in [0.1, 0.15) is 49.2 Å². The van der Waals surface area contributed by atoms with Gasteiger partial charge in [-0.05, 0) is 70.9 Å². The largest absolute Gasteiger partial charge is 0.472 e. The minimum absolute atomic E-state index is 0.104. The Morgan fingerprint density at radius 2 is 1.74 bits per heavy atom. The fraction of sp³-hybridized carbons (Fsp3) is 0.400. The highest BCUT2D eigenvalue weighted by Gasteiger charge is 2.39. The Labute approximate surface area is 245 Å². The Morgan fingerprint density at radius 3 is 2.43 bits per heavy atom. The van der Waals surface area contributed by atoms with E-state index in [9.17, 15) is 18.0 Å². The molecule has 2 aliphatic heterocycles. The number of hydrogen-bond acceptors (Lipinski definition) is 8. The van der Waals surface area contributed by atoms with E-state index in [0.29, 0.717) is 5.69 Å². The number of fused-ring (bicyclic) bond motifs is 5. The number of nitrogens with zero attached hydrogens (tertiary/aromatic N) is 4. The van der Waals surface area contributed by atoms with Crippen LogP contribution in [0.4, 0.5) is 10.7 Å². The number of sulfonamides is 1. The predicted octanol–water partition coefficient (Wildman–Crippen LogP) is 4.40. The number of amides is 2. The Hall–Kier alpha value is -4.19. The molecule has 1 fully saturated rings. The lowest BCUT2D eigenvalue weighted by Gasteiger charge is -2.43. The molecule has 1 aromatic heterocycles. The van der Waals surface area contributed by atoms with Crippen LogP contribution in [0.3, 0.4) is 0 Å². The van der Waals surface area contributed by atoms with Gasteiger partial charge in [-0.15, -0.1) is 0 Å². The molecule has 42 heavy (non-hydrogen) atoms. The zero-order valence-corrected chi connectivity index (χ0v) is 25.4. The molecule has 2 amide bonds. The number of hydrogen-bond donors (Lipinski definition) is 1. The van der Waals surface area contributed by atoms with Crippen molar-refractivity contribution in [3.8, 4) is 17.1 Å². The summed E-state index contributed by atoms with van der Waals surface area (Å²) < 4.78 is 41.2. The van der Waals surface area contributed by atoms with Crippen molar-refractivity contribution in [2.24, 2.45) is 0 Å². The second-order valence-electron chi connectivity index (χ2n) is 11.6. The van der Waals surface area contributed by atoms with E-state index in [2.05, 4.69) is 14.7 Å². The van der Waals surface area contributed by atoms with E-state index in [-0.39, 0.29) is 47.8 Å². The van der Waals surface area contributed by atoms with Gasteiger partial charge in [-0.3, -0.25) is 4.79 Å². The van der Waals surface area contributed by atoms with E-state index in [1.54, 1.807) is 49.6 Å². The molecule has 2 aromatic carbocycles. The van der Waals surface area contributed by atoms with Crippen LogP contribution in [-0.4, -0.2) is 77.6 Å². The molecule has 1 N–H and O–H groups in total. The maximum absolute atomic E-state index is 13.8. The van der Waals surface area contributed by atoms with E-state index in [0.717, 1.165) is 16.7 Å². The molecular formula is C30H35N5O6S. The third-order valence-corrected chi connectivity index (χ3v) is 8.56. The predicted molar refractivity (Wildman–Crippen MR) is 157 cm³/mol. The van der Waals surface area contributed by atoms with Gasteiger partial charge in [0.05, 0.1) is 16.6 Å². The molecule has 4 bridgehead atoms. The van der Waals surface area contributed by atoms with E-state index in [1.807, 2.05) is 32.0 Å². The highest BCUT2D eigenvalue weighted by molar-refractivity contribution is 7.92. The molecule has 0 saturated carbocycles. The van der Waals surface area contributed by atoms with Crippen molar-refractivity contribution in [3.63, 3.8) is 0 Å². The van der Waals surface area contributed by atoms with Gasteiger partial charge >= 0.3 is 6.09 Å². The molecule has 3 aromatic rings. The fourth-order valence-electron chi connectivity index (χ4n) is 5.24. The lowest BCUT2D eigenvalue weighted by molar-refractivity contribution is -0.0119. The zero-order valence-electron chi connectivity index (χ0n) is 24.5. The molecule has 11 nitrogen and oxygen atoms in total. The fourth-order valence-corrected chi connectivity index (χ4v) is 6.23. The number of piperazine rings is 1. The van der Waals surface area contributed by atoms with E-state index < -0.39 is 33.9 Å². The lowest BCUT2D eigenvalue weighted by atomic mass is 10.00. The highest BCUT2D eigenvalue weighted by Crippen LogP contribution is 2.31. The summed E-state index contributed by atoms with van der Waals surface area (Å²) in [5, 5.41) is 0. The third-order valence-electron chi connectivity index (χ3n) is 7.24. The first-order valence-corrected chi connectivity index (χ1v) is 15.2. The molecule has 0 spiro atoms. The average Bonchev–Trinajstić information content (AvgIpc) is 2.90. The molecule has 2 aliphatic rings. The number of aryl methyl sites for hydroxylation is 2. The number of carbonyl (C=O) groups is 2. The topological polar surface area (TPSA) is 131 Å². The van der Waals surface area contributed by atoms with E-state index >= 15 is 0 Å². The van der Waals surface area contributed by atoms with Gasteiger partial charge in [0, 0.05) is 36.8 Å². The Morgan fingerprint density at radius 1 is 1.05 bits per heavy atom. The Kier molecular flexibility index (Phi) is 7.61. The normalized spacial score (nSPS) is 20.2. The van der Waals surface area contributed by atoms with Crippen LogP contribution in [0, 0.1) is 13.8 Å². The summed E-state index contributed by atoms with van der Waals surface area (Å²) in [7, 11) is -4.15. The number of nitrogens with one attached hydrogen (secondary N) is 1. The minimum atomic E-state index is -4.15. The van der Waals surface area contributed by atoms with Crippen LogP contribution in [-0.2, 0) is 14.8 Å². The SMILES string of the molecule is Cc1cccc(C)c1-c1cc2nc(n1)NS(=O)(=O)c1cccc(c1)C(=O)N1CCN(C(=O)OC(C)(C)C)CC1C(C)O2. The minimum Gasteiger partial charge on any atom is -0.472 e. The van der Waals surface area contributed by atoms with Gasteiger partial charge < -0.3 is 19.3 Å². The summed E-state index contributed by atoms with van der Waals surface area (Å²) in [4.78, 5) is 38.8. The van der Waals surface area contributed by atoms with Gasteiger partial charge in [-0.2, -0.15) is 4.98 Å². The summed E-state index contributed by atoms with van der Waals surface area (Å²) in [6.45, 7) is 11.7. The molecule has 1 saturated heterocycles. The Balaban J connectivity index is 1.62. The number of rotatable bonds is 1. The summed E-state index contributed by atoms with van der Waals surface area (Å²) >= 11 is 0. The first-order valence-electron chi connectivity index (χ1n) is 13.8. The second kappa shape index (κ2) is 10.9. The average molecular weight is 594 g/mol. The zero-order chi connectivity index (χ0) is 30.4. The first-order chi connectivity index (χ1) is 19.7. The maximum atomic E-state index is 13.8. The summed E-state index contributed by atoms with van der Waals surface area (Å²) in [5.74, 6) is -0.408. The van der Waals surface area contributed by atoms with Gasteiger partial charge in [-0.25, -0.2) is 22.9 Å². The molecule has 0 aliphatic carbocycles. The summed E-state index contributed by atoms with van der Waals surface area (Å²) in [6.07, 6.45) is -1.13. The van der Waals surface area contributed by atoms with Crippen molar-refractivity contribution < 1.29 is 27.5 Å². The van der Waals surface area contributed by atoms with Crippen LogP contribution in [0.2, 0.25) is 0 Å². The third kappa shape index (κ3) is 6.03. The molecule has 2 unspecified atom stereocenters. The summed E-state index contributed by atoms with van der Waals surface area (Å²) in [6, 6.07) is 12.7.